The van der Waals surface area contributed by atoms with Gasteiger partial charge in [0.05, 0.1) is 0 Å². The Morgan fingerprint density at radius 1 is 1.04 bits per heavy atom. The lowest BCUT2D eigenvalue weighted by molar-refractivity contribution is -0.140. The number of hydrogen-bond acceptors (Lipinski definition) is 3. The zero-order valence-corrected chi connectivity index (χ0v) is 18.6. The SMILES string of the molecule is Cc1ccccc1[C@@H]1[C@@H]2CN(C(=O)C34CCCN3CCC4)C[C@@H]2CN1C.Cl.Cl. The Kier molecular flexibility index (Phi) is 6.36. The summed E-state index contributed by atoms with van der Waals surface area (Å²) in [5.74, 6) is 1.66. The fourth-order valence-electron chi connectivity index (χ4n) is 6.56. The van der Waals surface area contributed by atoms with E-state index in [-0.39, 0.29) is 30.4 Å². The number of benzene rings is 1. The molecule has 5 rings (SSSR count). The van der Waals surface area contributed by atoms with E-state index < -0.39 is 0 Å². The minimum absolute atomic E-state index is 0. The number of carbonyl (C=O) groups is 1. The number of likely N-dealkylation sites (tertiary alicyclic amines) is 2. The Hall–Kier alpha value is -0.810. The van der Waals surface area contributed by atoms with Crippen LogP contribution in [0.5, 0.6) is 0 Å². The highest BCUT2D eigenvalue weighted by Crippen LogP contribution is 2.47. The Morgan fingerprint density at radius 2 is 1.71 bits per heavy atom. The molecule has 4 heterocycles. The average Bonchev–Trinajstić information content (AvgIpc) is 3.34. The van der Waals surface area contributed by atoms with Crippen molar-refractivity contribution in [3.8, 4) is 0 Å². The molecule has 0 aliphatic carbocycles. The van der Waals surface area contributed by atoms with E-state index in [2.05, 4.69) is 52.9 Å². The lowest BCUT2D eigenvalue weighted by Gasteiger charge is -2.35. The van der Waals surface area contributed by atoms with Gasteiger partial charge in [0.25, 0.3) is 0 Å². The van der Waals surface area contributed by atoms with Crippen LogP contribution < -0.4 is 0 Å². The van der Waals surface area contributed by atoms with Crippen LogP contribution in [-0.4, -0.2) is 65.9 Å². The van der Waals surface area contributed by atoms with Crippen LogP contribution in [0, 0.1) is 18.8 Å². The molecule has 0 aromatic heterocycles. The first-order valence-corrected chi connectivity index (χ1v) is 10.4. The van der Waals surface area contributed by atoms with Crippen LogP contribution in [0.1, 0.15) is 42.9 Å². The van der Waals surface area contributed by atoms with E-state index in [1.165, 1.54) is 24.0 Å². The number of carbonyl (C=O) groups excluding carboxylic acids is 1. The highest BCUT2D eigenvalue weighted by atomic mass is 35.5. The molecule has 1 amide bonds. The van der Waals surface area contributed by atoms with Gasteiger partial charge < -0.3 is 4.90 Å². The van der Waals surface area contributed by atoms with Crippen LogP contribution in [0.25, 0.3) is 0 Å². The van der Waals surface area contributed by atoms with E-state index in [4.69, 9.17) is 0 Å². The molecular formula is C22H33Cl2N3O. The zero-order chi connectivity index (χ0) is 17.9. The molecule has 0 unspecified atom stereocenters. The van der Waals surface area contributed by atoms with Crippen molar-refractivity contribution in [3.63, 3.8) is 0 Å². The van der Waals surface area contributed by atoms with E-state index in [0.29, 0.717) is 23.8 Å². The number of hydrogen-bond donors (Lipinski definition) is 0. The number of amides is 1. The number of aryl methyl sites for hydroxylation is 1. The fourth-order valence-corrected chi connectivity index (χ4v) is 6.56. The molecule has 3 atom stereocenters. The monoisotopic (exact) mass is 425 g/mol. The van der Waals surface area contributed by atoms with Crippen LogP contribution in [0.4, 0.5) is 0 Å². The van der Waals surface area contributed by atoms with Gasteiger partial charge in [0.15, 0.2) is 0 Å². The smallest absolute Gasteiger partial charge is 0.243 e. The number of halogens is 2. The van der Waals surface area contributed by atoms with Gasteiger partial charge in [0.1, 0.15) is 5.54 Å². The lowest BCUT2D eigenvalue weighted by Crippen LogP contribution is -2.53. The molecule has 156 valence electrons. The molecule has 0 bridgehead atoms. The molecule has 4 aliphatic heterocycles. The van der Waals surface area contributed by atoms with Crippen molar-refractivity contribution in [1.82, 2.24) is 14.7 Å². The summed E-state index contributed by atoms with van der Waals surface area (Å²) in [6.45, 7) is 7.50. The van der Waals surface area contributed by atoms with Gasteiger partial charge in [-0.15, -0.1) is 24.8 Å². The Balaban J connectivity index is 0.00000112. The maximum atomic E-state index is 13.5. The third-order valence-corrected chi connectivity index (χ3v) is 7.73. The first-order chi connectivity index (χ1) is 12.6. The maximum Gasteiger partial charge on any atom is 0.243 e. The van der Waals surface area contributed by atoms with Crippen molar-refractivity contribution in [2.75, 3.05) is 39.8 Å². The van der Waals surface area contributed by atoms with Crippen LogP contribution in [0.3, 0.4) is 0 Å². The van der Waals surface area contributed by atoms with Gasteiger partial charge in [-0.05, 0) is 69.8 Å². The Labute approximate surface area is 181 Å². The summed E-state index contributed by atoms with van der Waals surface area (Å²) in [6.07, 6.45) is 4.56. The number of fused-ring (bicyclic) bond motifs is 2. The molecule has 4 aliphatic rings. The molecule has 1 aromatic rings. The van der Waals surface area contributed by atoms with E-state index in [1.54, 1.807) is 0 Å². The highest BCUT2D eigenvalue weighted by Gasteiger charge is 2.55. The summed E-state index contributed by atoms with van der Waals surface area (Å²) in [6, 6.07) is 9.26. The van der Waals surface area contributed by atoms with Crippen molar-refractivity contribution in [2.24, 2.45) is 11.8 Å². The Bertz CT molecular complexity index is 717. The molecule has 1 aromatic carbocycles. The van der Waals surface area contributed by atoms with Crippen LogP contribution in [-0.2, 0) is 4.79 Å². The molecule has 0 spiro atoms. The quantitative estimate of drug-likeness (QED) is 0.724. The van der Waals surface area contributed by atoms with Gasteiger partial charge in [-0.1, -0.05) is 24.3 Å². The summed E-state index contributed by atoms with van der Waals surface area (Å²) in [5, 5.41) is 0. The fraction of sp³-hybridized carbons (Fsp3) is 0.682. The molecule has 4 nitrogen and oxygen atoms in total. The molecule has 0 saturated carbocycles. The number of nitrogens with zero attached hydrogens (tertiary/aromatic N) is 3. The van der Waals surface area contributed by atoms with Crippen molar-refractivity contribution in [2.45, 2.75) is 44.2 Å². The van der Waals surface area contributed by atoms with E-state index in [1.807, 2.05) is 0 Å². The van der Waals surface area contributed by atoms with Gasteiger partial charge in [0.2, 0.25) is 5.91 Å². The van der Waals surface area contributed by atoms with Crippen LogP contribution >= 0.6 is 24.8 Å². The third kappa shape index (κ3) is 3.17. The summed E-state index contributed by atoms with van der Waals surface area (Å²) >= 11 is 0. The summed E-state index contributed by atoms with van der Waals surface area (Å²) < 4.78 is 0. The minimum Gasteiger partial charge on any atom is -0.340 e. The van der Waals surface area contributed by atoms with Gasteiger partial charge >= 0.3 is 0 Å². The molecular weight excluding hydrogens is 393 g/mol. The van der Waals surface area contributed by atoms with Crippen molar-refractivity contribution in [1.29, 1.82) is 0 Å². The molecule has 0 N–H and O–H groups in total. The normalized spacial score (nSPS) is 31.2. The van der Waals surface area contributed by atoms with Crippen molar-refractivity contribution >= 4 is 30.7 Å². The lowest BCUT2D eigenvalue weighted by atomic mass is 9.88. The first-order valence-electron chi connectivity index (χ1n) is 10.4. The maximum absolute atomic E-state index is 13.5. The Morgan fingerprint density at radius 3 is 2.39 bits per heavy atom. The second-order valence-electron chi connectivity index (χ2n) is 9.10. The second kappa shape index (κ2) is 8.14. The molecule has 4 fully saturated rings. The first kappa shape index (κ1) is 21.9. The summed E-state index contributed by atoms with van der Waals surface area (Å²) in [4.78, 5) is 20.8. The second-order valence-corrected chi connectivity index (χ2v) is 9.10. The highest BCUT2D eigenvalue weighted by molar-refractivity contribution is 5.87. The number of rotatable bonds is 2. The van der Waals surface area contributed by atoms with E-state index in [9.17, 15) is 4.79 Å². The topological polar surface area (TPSA) is 26.8 Å². The standard InChI is InChI=1S/C22H31N3O.2ClH/c1-16-7-3-4-8-18(16)20-19-15-24(14-17(19)13-23(20)2)21(26)22-9-5-11-25(22)12-6-10-22;;/h3-4,7-8,17,19-20H,5-6,9-15H2,1-2H3;2*1H/t17-,19+,20+;;/m0../s1. The molecule has 4 saturated heterocycles. The van der Waals surface area contributed by atoms with Gasteiger partial charge in [-0.3, -0.25) is 14.6 Å². The van der Waals surface area contributed by atoms with Gasteiger partial charge in [-0.2, -0.15) is 0 Å². The predicted octanol–water partition coefficient (Wildman–Crippen LogP) is 3.53. The predicted molar refractivity (Wildman–Crippen MR) is 117 cm³/mol. The average molecular weight is 426 g/mol. The summed E-state index contributed by atoms with van der Waals surface area (Å²) in [7, 11) is 2.26. The minimum atomic E-state index is -0.136. The summed E-state index contributed by atoms with van der Waals surface area (Å²) in [5.41, 5.74) is 2.70. The van der Waals surface area contributed by atoms with E-state index in [0.717, 1.165) is 45.6 Å². The van der Waals surface area contributed by atoms with Crippen LogP contribution in [0.2, 0.25) is 0 Å². The molecule has 0 radical (unpaired) electrons. The van der Waals surface area contributed by atoms with Gasteiger partial charge in [0, 0.05) is 31.6 Å². The van der Waals surface area contributed by atoms with Crippen LogP contribution in [0.15, 0.2) is 24.3 Å². The van der Waals surface area contributed by atoms with Gasteiger partial charge in [-0.25, -0.2) is 0 Å². The molecule has 6 heteroatoms. The van der Waals surface area contributed by atoms with Crippen molar-refractivity contribution in [3.05, 3.63) is 35.4 Å². The molecule has 28 heavy (non-hydrogen) atoms. The van der Waals surface area contributed by atoms with E-state index >= 15 is 0 Å². The third-order valence-electron chi connectivity index (χ3n) is 7.73. The zero-order valence-electron chi connectivity index (χ0n) is 17.0. The van der Waals surface area contributed by atoms with Crippen molar-refractivity contribution < 1.29 is 4.79 Å². The largest absolute Gasteiger partial charge is 0.340 e.